The third-order valence-electron chi connectivity index (χ3n) is 4.08. The summed E-state index contributed by atoms with van der Waals surface area (Å²) in [6.07, 6.45) is 1.71. The molecule has 7 nitrogen and oxygen atoms in total. The summed E-state index contributed by atoms with van der Waals surface area (Å²) in [4.78, 5) is 0. The van der Waals surface area contributed by atoms with Crippen molar-refractivity contribution in [2.45, 2.75) is 0 Å². The van der Waals surface area contributed by atoms with Crippen molar-refractivity contribution >= 4 is 0 Å². The van der Waals surface area contributed by atoms with Crippen molar-refractivity contribution in [1.82, 2.24) is 10.2 Å². The number of nitrogens with zero attached hydrogens (tertiary/aromatic N) is 1. The molecule has 26 heavy (non-hydrogen) atoms. The monoisotopic (exact) mass is 356 g/mol. The van der Waals surface area contributed by atoms with E-state index in [1.807, 2.05) is 12.1 Å². The molecule has 0 fully saturated rings. The molecule has 0 atom stereocenters. The second-order valence-corrected chi connectivity index (χ2v) is 5.46. The zero-order chi connectivity index (χ0) is 18.7. The third kappa shape index (κ3) is 2.99. The Bertz CT molecular complexity index is 895. The third-order valence-corrected chi connectivity index (χ3v) is 4.08. The standard InChI is InChI=1S/C19H20N2O5/c1-23-15-7-11(5-6-14(15)22)13-10-20-21-18(13)12-8-16(24-2)19(26-4)17(9-12)25-3/h5-10,22H,1-4H3,(H,20,21). The minimum Gasteiger partial charge on any atom is -0.504 e. The molecule has 0 spiro atoms. The lowest BCUT2D eigenvalue weighted by Gasteiger charge is -2.14. The highest BCUT2D eigenvalue weighted by Crippen LogP contribution is 2.43. The van der Waals surface area contributed by atoms with Crippen LogP contribution in [0.4, 0.5) is 0 Å². The van der Waals surface area contributed by atoms with Crippen molar-refractivity contribution in [3.05, 3.63) is 36.5 Å². The van der Waals surface area contributed by atoms with E-state index in [1.165, 1.54) is 7.11 Å². The number of methoxy groups -OCH3 is 4. The van der Waals surface area contributed by atoms with Gasteiger partial charge in [-0.3, -0.25) is 5.10 Å². The van der Waals surface area contributed by atoms with Crippen LogP contribution in [-0.2, 0) is 0 Å². The van der Waals surface area contributed by atoms with Crippen molar-refractivity contribution in [2.24, 2.45) is 0 Å². The van der Waals surface area contributed by atoms with Crippen LogP contribution in [0.1, 0.15) is 0 Å². The number of aromatic amines is 1. The molecule has 0 amide bonds. The van der Waals surface area contributed by atoms with Gasteiger partial charge in [0, 0.05) is 11.1 Å². The van der Waals surface area contributed by atoms with E-state index < -0.39 is 0 Å². The SMILES string of the molecule is COc1cc(-c2cn[nH]c2-c2cc(OC)c(OC)c(OC)c2)ccc1O. The van der Waals surface area contributed by atoms with Gasteiger partial charge in [0.2, 0.25) is 5.75 Å². The lowest BCUT2D eigenvalue weighted by molar-refractivity contribution is 0.324. The Hall–Kier alpha value is -3.35. The summed E-state index contributed by atoms with van der Waals surface area (Å²) in [5.41, 5.74) is 3.28. The highest BCUT2D eigenvalue weighted by Gasteiger charge is 2.18. The van der Waals surface area contributed by atoms with E-state index in [0.717, 1.165) is 22.4 Å². The van der Waals surface area contributed by atoms with Crippen molar-refractivity contribution in [1.29, 1.82) is 0 Å². The summed E-state index contributed by atoms with van der Waals surface area (Å²) < 4.78 is 21.4. The molecule has 0 saturated carbocycles. The molecule has 1 heterocycles. The number of aromatic nitrogens is 2. The molecule has 1 aromatic heterocycles. The van der Waals surface area contributed by atoms with Gasteiger partial charge in [0.15, 0.2) is 23.0 Å². The molecule has 0 aliphatic heterocycles. The summed E-state index contributed by atoms with van der Waals surface area (Å²) in [6, 6.07) is 8.82. The molecule has 2 aromatic carbocycles. The van der Waals surface area contributed by atoms with E-state index in [0.29, 0.717) is 23.0 Å². The van der Waals surface area contributed by atoms with Crippen molar-refractivity contribution in [3.63, 3.8) is 0 Å². The molecule has 0 saturated heterocycles. The van der Waals surface area contributed by atoms with Crippen LogP contribution in [-0.4, -0.2) is 43.7 Å². The van der Waals surface area contributed by atoms with Crippen molar-refractivity contribution < 1.29 is 24.1 Å². The molecule has 7 heteroatoms. The molecule has 3 aromatic rings. The fourth-order valence-corrected chi connectivity index (χ4v) is 2.80. The van der Waals surface area contributed by atoms with Crippen molar-refractivity contribution in [2.75, 3.05) is 28.4 Å². The minimum atomic E-state index is 0.0779. The average molecular weight is 356 g/mol. The Kier molecular flexibility index (Phi) is 4.88. The van der Waals surface area contributed by atoms with Crippen LogP contribution in [0.5, 0.6) is 28.7 Å². The van der Waals surface area contributed by atoms with Crippen molar-refractivity contribution in [3.8, 4) is 51.1 Å². The van der Waals surface area contributed by atoms with Gasteiger partial charge in [0.1, 0.15) is 0 Å². The highest BCUT2D eigenvalue weighted by molar-refractivity contribution is 5.83. The van der Waals surface area contributed by atoms with Gasteiger partial charge < -0.3 is 24.1 Å². The minimum absolute atomic E-state index is 0.0779. The Labute approximate surface area is 151 Å². The average Bonchev–Trinajstić information content (AvgIpc) is 3.16. The number of phenols is 1. The molecule has 0 bridgehead atoms. The number of aromatic hydroxyl groups is 1. The largest absolute Gasteiger partial charge is 0.504 e. The van der Waals surface area contributed by atoms with Crippen LogP contribution in [0.3, 0.4) is 0 Å². The van der Waals surface area contributed by atoms with Gasteiger partial charge >= 0.3 is 0 Å². The molecular formula is C19H20N2O5. The zero-order valence-corrected chi connectivity index (χ0v) is 15.0. The summed E-state index contributed by atoms with van der Waals surface area (Å²) in [7, 11) is 6.21. The van der Waals surface area contributed by atoms with E-state index in [4.69, 9.17) is 18.9 Å². The van der Waals surface area contributed by atoms with Crippen LogP contribution in [0.2, 0.25) is 0 Å². The fourth-order valence-electron chi connectivity index (χ4n) is 2.80. The zero-order valence-electron chi connectivity index (χ0n) is 15.0. The first-order chi connectivity index (χ1) is 12.6. The molecule has 0 aliphatic carbocycles. The number of hydrogen-bond donors (Lipinski definition) is 2. The molecule has 2 N–H and O–H groups in total. The van der Waals surface area contributed by atoms with Gasteiger partial charge in [-0.05, 0) is 29.8 Å². The lowest BCUT2D eigenvalue weighted by Crippen LogP contribution is -1.96. The van der Waals surface area contributed by atoms with Gasteiger partial charge in [-0.25, -0.2) is 0 Å². The van der Waals surface area contributed by atoms with E-state index in [1.54, 1.807) is 45.7 Å². The molecule has 136 valence electrons. The van der Waals surface area contributed by atoms with Gasteiger partial charge in [-0.15, -0.1) is 0 Å². The predicted molar refractivity (Wildman–Crippen MR) is 97.3 cm³/mol. The number of phenolic OH excluding ortho intramolecular Hbond substituents is 1. The first-order valence-electron chi connectivity index (χ1n) is 7.84. The summed E-state index contributed by atoms with van der Waals surface area (Å²) in [5, 5.41) is 17.0. The van der Waals surface area contributed by atoms with Gasteiger partial charge in [0.05, 0.1) is 40.3 Å². The van der Waals surface area contributed by atoms with Crippen LogP contribution in [0.25, 0.3) is 22.4 Å². The number of nitrogens with one attached hydrogen (secondary N) is 1. The van der Waals surface area contributed by atoms with Gasteiger partial charge in [-0.2, -0.15) is 5.10 Å². The Morgan fingerprint density at radius 2 is 1.42 bits per heavy atom. The molecule has 0 unspecified atom stereocenters. The smallest absolute Gasteiger partial charge is 0.203 e. The first kappa shape index (κ1) is 17.5. The van der Waals surface area contributed by atoms with Gasteiger partial charge in [0.25, 0.3) is 0 Å². The highest BCUT2D eigenvalue weighted by atomic mass is 16.5. The van der Waals surface area contributed by atoms with E-state index >= 15 is 0 Å². The summed E-state index contributed by atoms with van der Waals surface area (Å²) in [6.45, 7) is 0. The topological polar surface area (TPSA) is 85.8 Å². The molecular weight excluding hydrogens is 336 g/mol. The Morgan fingerprint density at radius 3 is 2.00 bits per heavy atom. The second kappa shape index (κ2) is 7.26. The number of hydrogen-bond acceptors (Lipinski definition) is 6. The van der Waals surface area contributed by atoms with E-state index in [2.05, 4.69) is 10.2 Å². The van der Waals surface area contributed by atoms with Gasteiger partial charge in [-0.1, -0.05) is 6.07 Å². The Balaban J connectivity index is 2.14. The maximum absolute atomic E-state index is 9.82. The summed E-state index contributed by atoms with van der Waals surface area (Å²) >= 11 is 0. The second-order valence-electron chi connectivity index (χ2n) is 5.46. The first-order valence-corrected chi connectivity index (χ1v) is 7.84. The van der Waals surface area contributed by atoms with Crippen LogP contribution in [0.15, 0.2) is 36.5 Å². The fraction of sp³-hybridized carbons (Fsp3) is 0.211. The summed E-state index contributed by atoms with van der Waals surface area (Å²) in [5.74, 6) is 2.08. The number of H-pyrrole nitrogens is 1. The van der Waals surface area contributed by atoms with Crippen LogP contribution >= 0.6 is 0 Å². The van der Waals surface area contributed by atoms with E-state index in [9.17, 15) is 5.11 Å². The Morgan fingerprint density at radius 1 is 0.808 bits per heavy atom. The number of rotatable bonds is 6. The van der Waals surface area contributed by atoms with E-state index in [-0.39, 0.29) is 5.75 Å². The maximum atomic E-state index is 9.82. The maximum Gasteiger partial charge on any atom is 0.203 e. The molecule has 0 radical (unpaired) electrons. The molecule has 3 rings (SSSR count). The quantitative estimate of drug-likeness (QED) is 0.703. The normalized spacial score (nSPS) is 10.5. The lowest BCUT2D eigenvalue weighted by atomic mass is 10.0. The molecule has 0 aliphatic rings. The predicted octanol–water partition coefficient (Wildman–Crippen LogP) is 3.48. The van der Waals surface area contributed by atoms with Crippen LogP contribution < -0.4 is 18.9 Å². The number of benzene rings is 2. The van der Waals surface area contributed by atoms with Crippen LogP contribution in [0, 0.1) is 0 Å². The number of ether oxygens (including phenoxy) is 4.